The zero-order valence-electron chi connectivity index (χ0n) is 14.5. The van der Waals surface area contributed by atoms with Crippen molar-refractivity contribution < 1.29 is 18.4 Å². The van der Waals surface area contributed by atoms with Crippen molar-refractivity contribution in [1.29, 1.82) is 0 Å². The van der Waals surface area contributed by atoms with Crippen LogP contribution in [-0.2, 0) is 6.42 Å². The zero-order chi connectivity index (χ0) is 18.7. The van der Waals surface area contributed by atoms with Crippen molar-refractivity contribution in [2.24, 2.45) is 0 Å². The topological polar surface area (TPSA) is 69.3 Å². The van der Waals surface area contributed by atoms with Gasteiger partial charge in [0.05, 0.1) is 12.2 Å². The molecule has 138 valence electrons. The predicted octanol–water partition coefficient (Wildman–Crippen LogP) is 1.89. The number of aryl methyl sites for hydroxylation is 1. The lowest BCUT2D eigenvalue weighted by molar-refractivity contribution is 0.0615. The van der Waals surface area contributed by atoms with E-state index >= 15 is 0 Å². The number of ketones is 1. The molecule has 1 N–H and O–H groups in total. The highest BCUT2D eigenvalue weighted by atomic mass is 19.1. The summed E-state index contributed by atoms with van der Waals surface area (Å²) in [5, 5.41) is 6.33. The second kappa shape index (κ2) is 7.74. The molecule has 0 aliphatic carbocycles. The Hall–Kier alpha value is -2.61. The van der Waals surface area contributed by atoms with Gasteiger partial charge in [-0.2, -0.15) is 5.10 Å². The number of rotatable bonds is 5. The molecule has 26 heavy (non-hydrogen) atoms. The first-order chi connectivity index (χ1) is 12.5. The Balaban J connectivity index is 1.55. The van der Waals surface area contributed by atoms with E-state index in [1.54, 1.807) is 6.92 Å². The summed E-state index contributed by atoms with van der Waals surface area (Å²) in [6.45, 7) is 3.77. The number of Topliss-reactive ketones (excluding diaryl/α,β-unsaturated/α-hetero) is 1. The second-order valence-corrected chi connectivity index (χ2v) is 6.22. The molecule has 6 nitrogen and oxygen atoms in total. The minimum atomic E-state index is -0.591. The third kappa shape index (κ3) is 3.80. The van der Waals surface area contributed by atoms with Gasteiger partial charge in [-0.3, -0.25) is 19.6 Å². The standard InChI is InChI=1S/C18H20F2N4O2/c1-2-14-16(20)17(22-21-14)18(26)24-9-7-23(8-10-24)11-15(25)12-3-5-13(19)6-4-12/h3-6H,2,7-11H2,1H3,(H,21,22). The van der Waals surface area contributed by atoms with Crippen LogP contribution < -0.4 is 0 Å². The van der Waals surface area contributed by atoms with Gasteiger partial charge >= 0.3 is 0 Å². The summed E-state index contributed by atoms with van der Waals surface area (Å²) in [7, 11) is 0. The van der Waals surface area contributed by atoms with Gasteiger partial charge in [-0.25, -0.2) is 8.78 Å². The summed E-state index contributed by atoms with van der Waals surface area (Å²) in [5.41, 5.74) is 0.588. The van der Waals surface area contributed by atoms with E-state index in [9.17, 15) is 18.4 Å². The van der Waals surface area contributed by atoms with Gasteiger partial charge in [0.25, 0.3) is 5.91 Å². The van der Waals surface area contributed by atoms with Crippen molar-refractivity contribution in [3.8, 4) is 0 Å². The fourth-order valence-corrected chi connectivity index (χ4v) is 2.93. The number of nitrogens with zero attached hydrogens (tertiary/aromatic N) is 3. The molecule has 1 saturated heterocycles. The quantitative estimate of drug-likeness (QED) is 0.825. The number of benzene rings is 1. The molecular weight excluding hydrogens is 342 g/mol. The number of hydrogen-bond acceptors (Lipinski definition) is 4. The van der Waals surface area contributed by atoms with Crippen LogP contribution >= 0.6 is 0 Å². The fourth-order valence-electron chi connectivity index (χ4n) is 2.93. The summed E-state index contributed by atoms with van der Waals surface area (Å²) in [6, 6.07) is 5.44. The van der Waals surface area contributed by atoms with E-state index in [2.05, 4.69) is 10.2 Å². The summed E-state index contributed by atoms with van der Waals surface area (Å²) in [6.07, 6.45) is 0.436. The van der Waals surface area contributed by atoms with Gasteiger partial charge < -0.3 is 4.90 Å². The third-order valence-corrected chi connectivity index (χ3v) is 4.52. The first-order valence-corrected chi connectivity index (χ1v) is 8.52. The summed E-state index contributed by atoms with van der Waals surface area (Å²) in [4.78, 5) is 28.1. The molecule has 1 fully saturated rings. The fraction of sp³-hybridized carbons (Fsp3) is 0.389. The molecule has 2 heterocycles. The lowest BCUT2D eigenvalue weighted by atomic mass is 10.1. The summed E-state index contributed by atoms with van der Waals surface area (Å²) in [5.74, 6) is -1.52. The molecule has 1 aliphatic heterocycles. The second-order valence-electron chi connectivity index (χ2n) is 6.22. The van der Waals surface area contributed by atoms with E-state index in [1.807, 2.05) is 4.90 Å². The Morgan fingerprint density at radius 1 is 1.12 bits per heavy atom. The smallest absolute Gasteiger partial charge is 0.277 e. The molecular formula is C18H20F2N4O2. The average molecular weight is 362 g/mol. The highest BCUT2D eigenvalue weighted by Gasteiger charge is 2.28. The average Bonchev–Trinajstić information content (AvgIpc) is 3.03. The number of amides is 1. The number of aromatic amines is 1. The van der Waals surface area contributed by atoms with E-state index in [4.69, 9.17) is 0 Å². The number of hydrogen-bond donors (Lipinski definition) is 1. The number of nitrogens with one attached hydrogen (secondary N) is 1. The van der Waals surface area contributed by atoms with Crippen LogP contribution in [0.3, 0.4) is 0 Å². The number of halogens is 2. The van der Waals surface area contributed by atoms with Gasteiger partial charge in [0.2, 0.25) is 0 Å². The van der Waals surface area contributed by atoms with Crippen molar-refractivity contribution in [2.75, 3.05) is 32.7 Å². The zero-order valence-corrected chi connectivity index (χ0v) is 14.5. The summed E-state index contributed by atoms with van der Waals surface area (Å²) < 4.78 is 27.0. The van der Waals surface area contributed by atoms with Crippen LogP contribution in [0.1, 0.15) is 33.5 Å². The Bertz CT molecular complexity index is 796. The highest BCUT2D eigenvalue weighted by molar-refractivity contribution is 5.97. The maximum Gasteiger partial charge on any atom is 0.277 e. The minimum Gasteiger partial charge on any atom is -0.335 e. The molecule has 3 rings (SSSR count). The number of carbonyl (C=O) groups excluding carboxylic acids is 2. The van der Waals surface area contributed by atoms with Crippen molar-refractivity contribution in [3.05, 3.63) is 52.9 Å². The molecule has 1 aliphatic rings. The molecule has 1 amide bonds. The molecule has 1 aromatic heterocycles. The molecule has 2 aromatic rings. The van der Waals surface area contributed by atoms with Crippen molar-refractivity contribution in [3.63, 3.8) is 0 Å². The van der Waals surface area contributed by atoms with Crippen LogP contribution in [0.2, 0.25) is 0 Å². The molecule has 0 bridgehead atoms. The van der Waals surface area contributed by atoms with Crippen LogP contribution in [0.15, 0.2) is 24.3 Å². The number of H-pyrrole nitrogens is 1. The van der Waals surface area contributed by atoms with Crippen LogP contribution in [0.5, 0.6) is 0 Å². The maximum absolute atomic E-state index is 14.1. The molecule has 0 unspecified atom stereocenters. The van der Waals surface area contributed by atoms with Gasteiger partial charge in [0, 0.05) is 31.7 Å². The Morgan fingerprint density at radius 2 is 1.77 bits per heavy atom. The Kier molecular flexibility index (Phi) is 5.41. The largest absolute Gasteiger partial charge is 0.335 e. The third-order valence-electron chi connectivity index (χ3n) is 4.52. The number of carbonyl (C=O) groups is 2. The first kappa shape index (κ1) is 18.2. The van der Waals surface area contributed by atoms with Crippen molar-refractivity contribution in [2.45, 2.75) is 13.3 Å². The Labute approximate surface area is 149 Å². The van der Waals surface area contributed by atoms with E-state index in [0.717, 1.165) is 0 Å². The van der Waals surface area contributed by atoms with Crippen LogP contribution in [0.25, 0.3) is 0 Å². The monoisotopic (exact) mass is 362 g/mol. The van der Waals surface area contributed by atoms with Crippen LogP contribution in [-0.4, -0.2) is 64.4 Å². The van der Waals surface area contributed by atoms with Crippen LogP contribution in [0, 0.1) is 11.6 Å². The number of piperazine rings is 1. The molecule has 0 spiro atoms. The van der Waals surface area contributed by atoms with E-state index in [-0.39, 0.29) is 23.8 Å². The lowest BCUT2D eigenvalue weighted by Gasteiger charge is -2.33. The van der Waals surface area contributed by atoms with E-state index < -0.39 is 11.7 Å². The van der Waals surface area contributed by atoms with E-state index in [1.165, 1.54) is 29.2 Å². The SMILES string of the molecule is CCc1[nH]nc(C(=O)N2CCN(CC(=O)c3ccc(F)cc3)CC2)c1F. The molecule has 0 atom stereocenters. The molecule has 0 saturated carbocycles. The lowest BCUT2D eigenvalue weighted by Crippen LogP contribution is -2.50. The highest BCUT2D eigenvalue weighted by Crippen LogP contribution is 2.14. The van der Waals surface area contributed by atoms with Gasteiger partial charge in [-0.1, -0.05) is 6.92 Å². The minimum absolute atomic E-state index is 0.101. The predicted molar refractivity (Wildman–Crippen MR) is 91.0 cm³/mol. The van der Waals surface area contributed by atoms with Gasteiger partial charge in [0.1, 0.15) is 5.82 Å². The van der Waals surface area contributed by atoms with Gasteiger partial charge in [-0.05, 0) is 30.7 Å². The Morgan fingerprint density at radius 3 is 2.35 bits per heavy atom. The molecule has 0 radical (unpaired) electrons. The van der Waals surface area contributed by atoms with Crippen molar-refractivity contribution in [1.82, 2.24) is 20.0 Å². The number of aromatic nitrogens is 2. The molecule has 8 heteroatoms. The molecule has 1 aromatic carbocycles. The maximum atomic E-state index is 14.1. The normalized spacial score (nSPS) is 15.3. The van der Waals surface area contributed by atoms with Gasteiger partial charge in [0.15, 0.2) is 17.3 Å². The van der Waals surface area contributed by atoms with Gasteiger partial charge in [-0.15, -0.1) is 0 Å². The van der Waals surface area contributed by atoms with Crippen molar-refractivity contribution >= 4 is 11.7 Å². The van der Waals surface area contributed by atoms with Crippen LogP contribution in [0.4, 0.5) is 8.78 Å². The summed E-state index contributed by atoms with van der Waals surface area (Å²) >= 11 is 0. The first-order valence-electron chi connectivity index (χ1n) is 8.52. The van der Waals surface area contributed by atoms with E-state index in [0.29, 0.717) is 43.9 Å².